The van der Waals surface area contributed by atoms with Gasteiger partial charge in [-0.3, -0.25) is 14.4 Å². The third-order valence-corrected chi connectivity index (χ3v) is 4.74. The zero-order valence-electron chi connectivity index (χ0n) is 11.2. The number of carboxylic acid groups (broad SMARTS) is 1. The number of hydrogen-bond acceptors (Lipinski definition) is 5. The maximum atomic E-state index is 12.0. The number of carboxylic acids is 1. The van der Waals surface area contributed by atoms with E-state index in [-0.39, 0.29) is 36.8 Å². The van der Waals surface area contributed by atoms with E-state index in [4.69, 9.17) is 5.11 Å². The van der Waals surface area contributed by atoms with Gasteiger partial charge in [-0.05, 0) is 6.42 Å². The van der Waals surface area contributed by atoms with Crippen LogP contribution in [0.1, 0.15) is 19.8 Å². The summed E-state index contributed by atoms with van der Waals surface area (Å²) >= 11 is 0. The van der Waals surface area contributed by atoms with Crippen LogP contribution in [0, 0.1) is 0 Å². The zero-order valence-corrected chi connectivity index (χ0v) is 12.0. The molecule has 1 saturated heterocycles. The lowest BCUT2D eigenvalue weighted by Crippen LogP contribution is -2.45. The van der Waals surface area contributed by atoms with Crippen molar-refractivity contribution >= 4 is 27.6 Å². The summed E-state index contributed by atoms with van der Waals surface area (Å²) in [5, 5.41) is 11.3. The second kappa shape index (κ2) is 6.69. The molecule has 0 aromatic rings. The van der Waals surface area contributed by atoms with Gasteiger partial charge >= 0.3 is 5.97 Å². The predicted molar refractivity (Wildman–Crippen MR) is 69.7 cm³/mol. The number of nitrogens with one attached hydrogen (secondary N) is 1. The molecule has 1 unspecified atom stereocenters. The van der Waals surface area contributed by atoms with Crippen molar-refractivity contribution in [1.29, 1.82) is 0 Å². The van der Waals surface area contributed by atoms with Gasteiger partial charge in [-0.2, -0.15) is 0 Å². The molecular formula is C11H18N2O6S. The highest BCUT2D eigenvalue weighted by atomic mass is 32.2. The van der Waals surface area contributed by atoms with E-state index in [0.29, 0.717) is 0 Å². The molecule has 114 valence electrons. The number of rotatable bonds is 6. The van der Waals surface area contributed by atoms with Crippen molar-refractivity contribution in [2.45, 2.75) is 25.8 Å². The summed E-state index contributed by atoms with van der Waals surface area (Å²) in [4.78, 5) is 34.6. The van der Waals surface area contributed by atoms with Gasteiger partial charge in [-0.1, -0.05) is 0 Å². The van der Waals surface area contributed by atoms with Gasteiger partial charge in [0, 0.05) is 25.9 Å². The Morgan fingerprint density at radius 2 is 2.00 bits per heavy atom. The maximum absolute atomic E-state index is 12.0. The van der Waals surface area contributed by atoms with Crippen LogP contribution < -0.4 is 5.32 Å². The van der Waals surface area contributed by atoms with Gasteiger partial charge in [0.15, 0.2) is 9.84 Å². The molecule has 8 nitrogen and oxygen atoms in total. The van der Waals surface area contributed by atoms with Crippen LogP contribution in [0.5, 0.6) is 0 Å². The lowest BCUT2D eigenvalue weighted by atomic mass is 10.2. The largest absolute Gasteiger partial charge is 0.480 e. The average molecular weight is 306 g/mol. The Morgan fingerprint density at radius 1 is 1.35 bits per heavy atom. The van der Waals surface area contributed by atoms with Crippen molar-refractivity contribution in [2.75, 3.05) is 24.6 Å². The summed E-state index contributed by atoms with van der Waals surface area (Å²) < 4.78 is 22.8. The fourth-order valence-corrected chi connectivity index (χ4v) is 3.81. The number of amides is 2. The molecule has 1 heterocycles. The van der Waals surface area contributed by atoms with Crippen LogP contribution in [0.15, 0.2) is 0 Å². The van der Waals surface area contributed by atoms with Crippen molar-refractivity contribution < 1.29 is 27.9 Å². The fourth-order valence-electron chi connectivity index (χ4n) is 2.08. The van der Waals surface area contributed by atoms with Crippen molar-refractivity contribution in [2.24, 2.45) is 0 Å². The summed E-state index contributed by atoms with van der Waals surface area (Å²) in [6.45, 7) is 0.881. The van der Waals surface area contributed by atoms with Gasteiger partial charge in [0.25, 0.3) is 0 Å². The molecule has 0 saturated carbocycles. The molecule has 1 atom stereocenters. The number of sulfone groups is 1. The van der Waals surface area contributed by atoms with Gasteiger partial charge < -0.3 is 15.3 Å². The smallest absolute Gasteiger partial charge is 0.323 e. The van der Waals surface area contributed by atoms with Crippen LogP contribution in [-0.2, 0) is 24.2 Å². The van der Waals surface area contributed by atoms with Crippen LogP contribution in [0.25, 0.3) is 0 Å². The lowest BCUT2D eigenvalue weighted by molar-refractivity contribution is -0.145. The second-order valence-electron chi connectivity index (χ2n) is 4.71. The average Bonchev–Trinajstić information content (AvgIpc) is 2.65. The Morgan fingerprint density at radius 3 is 2.45 bits per heavy atom. The first kappa shape index (κ1) is 16.4. The van der Waals surface area contributed by atoms with Crippen LogP contribution in [0.2, 0.25) is 0 Å². The van der Waals surface area contributed by atoms with E-state index < -0.39 is 34.3 Å². The third kappa shape index (κ3) is 5.16. The van der Waals surface area contributed by atoms with Crippen LogP contribution in [0.4, 0.5) is 0 Å². The number of hydrogen-bond donors (Lipinski definition) is 2. The summed E-state index contributed by atoms with van der Waals surface area (Å²) in [6, 6.07) is -0.596. The van der Waals surface area contributed by atoms with Crippen molar-refractivity contribution in [3.8, 4) is 0 Å². The Balaban J connectivity index is 2.66. The Hall–Kier alpha value is -1.64. The summed E-state index contributed by atoms with van der Waals surface area (Å²) in [7, 11) is -3.20. The Bertz CT molecular complexity index is 501. The van der Waals surface area contributed by atoms with Gasteiger partial charge in [-0.25, -0.2) is 8.42 Å². The monoisotopic (exact) mass is 306 g/mol. The summed E-state index contributed by atoms with van der Waals surface area (Å²) in [6.07, 6.45) is 0.199. The summed E-state index contributed by atoms with van der Waals surface area (Å²) in [5.74, 6) is -2.18. The van der Waals surface area contributed by atoms with Crippen molar-refractivity contribution in [3.63, 3.8) is 0 Å². The van der Waals surface area contributed by atoms with Gasteiger partial charge in [0.05, 0.1) is 11.5 Å². The number of carbonyl (C=O) groups excluding carboxylic acids is 2. The topological polar surface area (TPSA) is 121 Å². The van der Waals surface area contributed by atoms with E-state index >= 15 is 0 Å². The first-order valence-corrected chi connectivity index (χ1v) is 7.99. The normalized spacial score (nSPS) is 20.4. The fraction of sp³-hybridized carbons (Fsp3) is 0.727. The van der Waals surface area contributed by atoms with E-state index in [2.05, 4.69) is 5.32 Å². The zero-order chi connectivity index (χ0) is 15.3. The molecule has 1 aliphatic heterocycles. The van der Waals surface area contributed by atoms with Gasteiger partial charge in [-0.15, -0.1) is 0 Å². The van der Waals surface area contributed by atoms with Crippen LogP contribution >= 0.6 is 0 Å². The molecule has 1 aliphatic rings. The van der Waals surface area contributed by atoms with E-state index in [0.717, 1.165) is 4.90 Å². The number of aliphatic carboxylic acids is 1. The molecule has 0 spiro atoms. The SMILES string of the molecule is CC(=O)NCCC(=O)N(CC(=O)O)C1CCS(=O)(=O)C1. The van der Waals surface area contributed by atoms with Crippen molar-refractivity contribution in [3.05, 3.63) is 0 Å². The third-order valence-electron chi connectivity index (χ3n) is 2.99. The van der Waals surface area contributed by atoms with Gasteiger partial charge in [0.1, 0.15) is 6.54 Å². The quantitative estimate of drug-likeness (QED) is 0.623. The molecule has 2 N–H and O–H groups in total. The highest BCUT2D eigenvalue weighted by Gasteiger charge is 2.35. The van der Waals surface area contributed by atoms with Crippen molar-refractivity contribution in [1.82, 2.24) is 10.2 Å². The minimum atomic E-state index is -3.20. The molecule has 1 rings (SSSR count). The number of carbonyl (C=O) groups is 3. The predicted octanol–water partition coefficient (Wildman–Crippen LogP) is -1.39. The Labute approximate surface area is 117 Å². The van der Waals surface area contributed by atoms with E-state index in [1.54, 1.807) is 0 Å². The standard InChI is InChI=1S/C11H18N2O6S/c1-8(14)12-4-2-10(15)13(6-11(16)17)9-3-5-20(18,19)7-9/h9H,2-7H2,1H3,(H,12,14)(H,16,17). The molecule has 0 aromatic carbocycles. The minimum Gasteiger partial charge on any atom is -0.480 e. The lowest BCUT2D eigenvalue weighted by Gasteiger charge is -2.26. The highest BCUT2D eigenvalue weighted by molar-refractivity contribution is 7.91. The molecule has 1 fully saturated rings. The van der Waals surface area contributed by atoms with Gasteiger partial charge in [0.2, 0.25) is 11.8 Å². The van der Waals surface area contributed by atoms with Crippen LogP contribution in [-0.4, -0.2) is 66.8 Å². The van der Waals surface area contributed by atoms with E-state index in [1.807, 2.05) is 0 Å². The molecule has 20 heavy (non-hydrogen) atoms. The number of nitrogens with zero attached hydrogens (tertiary/aromatic N) is 1. The van der Waals surface area contributed by atoms with E-state index in [1.165, 1.54) is 6.92 Å². The maximum Gasteiger partial charge on any atom is 0.323 e. The Kier molecular flexibility index (Phi) is 5.49. The van der Waals surface area contributed by atoms with Crippen LogP contribution in [0.3, 0.4) is 0 Å². The van der Waals surface area contributed by atoms with E-state index in [9.17, 15) is 22.8 Å². The second-order valence-corrected chi connectivity index (χ2v) is 6.93. The molecular weight excluding hydrogens is 288 g/mol. The molecule has 0 aromatic heterocycles. The molecule has 2 amide bonds. The molecule has 0 aliphatic carbocycles. The summed E-state index contributed by atoms with van der Waals surface area (Å²) in [5.41, 5.74) is 0. The molecule has 0 bridgehead atoms. The molecule has 0 radical (unpaired) electrons. The highest BCUT2D eigenvalue weighted by Crippen LogP contribution is 2.18. The molecule has 9 heteroatoms. The first-order valence-electron chi connectivity index (χ1n) is 6.17. The minimum absolute atomic E-state index is 0.0350. The first-order chi connectivity index (χ1) is 9.21.